The molecule has 1 N–H and O–H groups in total. The van der Waals surface area contributed by atoms with E-state index in [9.17, 15) is 14.7 Å². The third kappa shape index (κ3) is 5.30. The van der Waals surface area contributed by atoms with E-state index >= 15 is 0 Å². The van der Waals surface area contributed by atoms with E-state index in [0.717, 1.165) is 15.1 Å². The second kappa shape index (κ2) is 6.85. The van der Waals surface area contributed by atoms with Crippen LogP contribution in [0.1, 0.15) is 26.3 Å². The zero-order chi connectivity index (χ0) is 15.3. The maximum Gasteiger partial charge on any atom is 0.329 e. The lowest BCUT2D eigenvalue weighted by atomic mass is 10.1. The Balaban J connectivity index is 2.93. The Kier molecular flexibility index (Phi) is 5.71. The van der Waals surface area contributed by atoms with Crippen LogP contribution >= 0.6 is 15.9 Å². The molecule has 5 nitrogen and oxygen atoms in total. The molecule has 1 rings (SSSR count). The third-order valence-corrected chi connectivity index (χ3v) is 2.89. The Labute approximate surface area is 126 Å². The minimum Gasteiger partial charge on any atom is -0.480 e. The van der Waals surface area contributed by atoms with Crippen LogP contribution < -0.4 is 0 Å². The summed E-state index contributed by atoms with van der Waals surface area (Å²) in [4.78, 5) is 27.9. The monoisotopic (exact) mass is 343 g/mol. The highest BCUT2D eigenvalue weighted by Crippen LogP contribution is 2.17. The van der Waals surface area contributed by atoms with E-state index in [1.807, 2.05) is 18.2 Å². The molecule has 0 bridgehead atoms. The molecule has 1 atom stereocenters. The zero-order valence-corrected chi connectivity index (χ0v) is 13.3. The van der Waals surface area contributed by atoms with Crippen molar-refractivity contribution in [2.75, 3.05) is 0 Å². The summed E-state index contributed by atoms with van der Waals surface area (Å²) in [5.74, 6) is -1.11. The van der Waals surface area contributed by atoms with Gasteiger partial charge >= 0.3 is 5.97 Å². The maximum atomic E-state index is 11.4. The lowest BCUT2D eigenvalue weighted by Gasteiger charge is -2.30. The van der Waals surface area contributed by atoms with Gasteiger partial charge in [-0.05, 0) is 38.5 Å². The molecule has 0 aliphatic carbocycles. The van der Waals surface area contributed by atoms with Crippen LogP contribution in [0.25, 0.3) is 0 Å². The van der Waals surface area contributed by atoms with Crippen LogP contribution in [-0.4, -0.2) is 34.2 Å². The van der Waals surface area contributed by atoms with Gasteiger partial charge in [-0.2, -0.15) is 0 Å². The second-order valence-corrected chi connectivity index (χ2v) is 6.27. The molecule has 0 aromatic heterocycles. The standard InChI is InChI=1S/C14H18BrNO4/c1-14(2,3)20-16(9-17)12(13(18)19)8-10-5-4-6-11(15)7-10/h4-7,9,12H,8H2,1-3H3,(H,18,19)/t12-/m0/s1. The number of carbonyl (C=O) groups is 2. The van der Waals surface area contributed by atoms with Crippen molar-refractivity contribution in [1.29, 1.82) is 0 Å². The predicted octanol–water partition coefficient (Wildman–Crippen LogP) is 2.63. The lowest BCUT2D eigenvalue weighted by Crippen LogP contribution is -2.45. The summed E-state index contributed by atoms with van der Waals surface area (Å²) >= 11 is 3.33. The highest BCUT2D eigenvalue weighted by Gasteiger charge is 2.29. The molecular formula is C14H18BrNO4. The number of benzene rings is 1. The first-order valence-corrected chi connectivity index (χ1v) is 6.92. The van der Waals surface area contributed by atoms with E-state index in [1.54, 1.807) is 26.8 Å². The van der Waals surface area contributed by atoms with E-state index in [4.69, 9.17) is 4.84 Å². The van der Waals surface area contributed by atoms with Gasteiger partial charge in [0.05, 0.1) is 5.60 Å². The number of rotatable bonds is 6. The van der Waals surface area contributed by atoms with Crippen LogP contribution in [-0.2, 0) is 20.8 Å². The number of carboxylic acids is 1. The van der Waals surface area contributed by atoms with Crippen molar-refractivity contribution in [1.82, 2.24) is 5.06 Å². The van der Waals surface area contributed by atoms with Crippen molar-refractivity contribution in [3.63, 3.8) is 0 Å². The smallest absolute Gasteiger partial charge is 0.329 e. The average Bonchev–Trinajstić information content (AvgIpc) is 2.32. The Morgan fingerprint density at radius 1 is 1.50 bits per heavy atom. The largest absolute Gasteiger partial charge is 0.480 e. The molecule has 0 saturated carbocycles. The Bertz CT molecular complexity index is 484. The SMILES string of the molecule is CC(C)(C)ON(C=O)[C@@H](Cc1cccc(Br)c1)C(=O)O. The normalized spacial score (nSPS) is 12.8. The fraction of sp³-hybridized carbons (Fsp3) is 0.429. The van der Waals surface area contributed by atoms with Gasteiger partial charge in [-0.25, -0.2) is 9.86 Å². The fourth-order valence-corrected chi connectivity index (χ4v) is 2.09. The van der Waals surface area contributed by atoms with E-state index in [1.165, 1.54) is 0 Å². The number of amides is 1. The summed E-state index contributed by atoms with van der Waals surface area (Å²) in [6.07, 6.45) is 0.575. The molecule has 0 radical (unpaired) electrons. The van der Waals surface area contributed by atoms with Crippen molar-refractivity contribution >= 4 is 28.3 Å². The van der Waals surface area contributed by atoms with Gasteiger partial charge in [0.2, 0.25) is 6.41 Å². The third-order valence-electron chi connectivity index (χ3n) is 2.39. The summed E-state index contributed by atoms with van der Waals surface area (Å²) < 4.78 is 0.855. The number of halogens is 1. The van der Waals surface area contributed by atoms with Gasteiger partial charge in [0.25, 0.3) is 0 Å². The van der Waals surface area contributed by atoms with Gasteiger partial charge in [-0.15, -0.1) is 0 Å². The van der Waals surface area contributed by atoms with Gasteiger partial charge in [-0.1, -0.05) is 28.1 Å². The summed E-state index contributed by atoms with van der Waals surface area (Å²) in [6, 6.07) is 6.22. The summed E-state index contributed by atoms with van der Waals surface area (Å²) in [5, 5.41) is 10.2. The number of carboxylic acid groups (broad SMARTS) is 1. The first-order chi connectivity index (χ1) is 9.23. The highest BCUT2D eigenvalue weighted by atomic mass is 79.9. The van der Waals surface area contributed by atoms with Crippen LogP contribution in [0.3, 0.4) is 0 Å². The molecule has 1 amide bonds. The van der Waals surface area contributed by atoms with Gasteiger partial charge in [0, 0.05) is 10.9 Å². The minimum absolute atomic E-state index is 0.170. The topological polar surface area (TPSA) is 66.8 Å². The Morgan fingerprint density at radius 2 is 2.15 bits per heavy atom. The van der Waals surface area contributed by atoms with Crippen LogP contribution in [0.2, 0.25) is 0 Å². The summed E-state index contributed by atoms with van der Waals surface area (Å²) in [5.41, 5.74) is 0.155. The molecule has 1 aromatic carbocycles. The van der Waals surface area contributed by atoms with Crippen molar-refractivity contribution in [2.45, 2.75) is 38.8 Å². The van der Waals surface area contributed by atoms with Gasteiger partial charge in [0.15, 0.2) is 6.04 Å². The van der Waals surface area contributed by atoms with Crippen LogP contribution in [0.5, 0.6) is 0 Å². The molecule has 0 spiro atoms. The summed E-state index contributed by atoms with van der Waals surface area (Å²) in [6.45, 7) is 5.25. The Morgan fingerprint density at radius 3 is 2.60 bits per heavy atom. The molecule has 1 aromatic rings. The first-order valence-electron chi connectivity index (χ1n) is 6.13. The first kappa shape index (κ1) is 16.7. The maximum absolute atomic E-state index is 11.4. The van der Waals surface area contributed by atoms with Crippen molar-refractivity contribution in [3.8, 4) is 0 Å². The lowest BCUT2D eigenvalue weighted by molar-refractivity contribution is -0.234. The molecular weight excluding hydrogens is 326 g/mol. The quantitative estimate of drug-likeness (QED) is 0.636. The van der Waals surface area contributed by atoms with E-state index in [2.05, 4.69) is 15.9 Å². The second-order valence-electron chi connectivity index (χ2n) is 5.36. The van der Waals surface area contributed by atoms with Gasteiger partial charge in [0.1, 0.15) is 0 Å². The number of carbonyl (C=O) groups excluding carboxylic acids is 1. The number of nitrogens with zero attached hydrogens (tertiary/aromatic N) is 1. The van der Waals surface area contributed by atoms with Gasteiger partial charge in [-0.3, -0.25) is 9.63 Å². The number of hydrogen-bond donors (Lipinski definition) is 1. The summed E-state index contributed by atoms with van der Waals surface area (Å²) in [7, 11) is 0. The molecule has 6 heteroatoms. The molecule has 0 aliphatic heterocycles. The highest BCUT2D eigenvalue weighted by molar-refractivity contribution is 9.10. The Hall–Kier alpha value is -1.40. The van der Waals surface area contributed by atoms with Crippen molar-refractivity contribution < 1.29 is 19.5 Å². The van der Waals surface area contributed by atoms with Crippen molar-refractivity contribution in [2.24, 2.45) is 0 Å². The molecule has 0 saturated heterocycles. The van der Waals surface area contributed by atoms with Gasteiger partial charge < -0.3 is 5.11 Å². The van der Waals surface area contributed by atoms with Crippen LogP contribution in [0.15, 0.2) is 28.7 Å². The molecule has 20 heavy (non-hydrogen) atoms. The number of hydrogen-bond acceptors (Lipinski definition) is 3. The zero-order valence-electron chi connectivity index (χ0n) is 11.7. The predicted molar refractivity (Wildman–Crippen MR) is 78.0 cm³/mol. The van der Waals surface area contributed by atoms with Crippen LogP contribution in [0.4, 0.5) is 0 Å². The van der Waals surface area contributed by atoms with E-state index in [0.29, 0.717) is 6.41 Å². The minimum atomic E-state index is -1.11. The average molecular weight is 344 g/mol. The van der Waals surface area contributed by atoms with E-state index < -0.39 is 17.6 Å². The number of hydroxylamine groups is 2. The molecule has 0 unspecified atom stereocenters. The molecule has 0 fully saturated rings. The molecule has 0 aliphatic rings. The molecule has 110 valence electrons. The number of aliphatic carboxylic acids is 1. The van der Waals surface area contributed by atoms with Crippen molar-refractivity contribution in [3.05, 3.63) is 34.3 Å². The van der Waals surface area contributed by atoms with Crippen LogP contribution in [0, 0.1) is 0 Å². The van der Waals surface area contributed by atoms with E-state index in [-0.39, 0.29) is 6.42 Å². The fourth-order valence-electron chi connectivity index (χ4n) is 1.65. The molecule has 0 heterocycles.